The van der Waals surface area contributed by atoms with Crippen LogP contribution in [-0.2, 0) is 6.42 Å². The molecule has 0 aliphatic rings. The molecule has 2 heteroatoms. The molecule has 94 valence electrons. The van der Waals surface area contributed by atoms with Gasteiger partial charge in [0.05, 0.1) is 0 Å². The van der Waals surface area contributed by atoms with Crippen LogP contribution >= 0.6 is 0 Å². The average molecular weight is 240 g/mol. The van der Waals surface area contributed by atoms with E-state index in [1.54, 1.807) is 0 Å². The quantitative estimate of drug-likeness (QED) is 0.892. The molecular weight excluding hydrogens is 220 g/mol. The molecule has 2 rings (SSSR count). The first kappa shape index (κ1) is 12.8. The molecule has 0 fully saturated rings. The van der Waals surface area contributed by atoms with E-state index in [1.807, 2.05) is 12.4 Å². The minimum atomic E-state index is 0.370. The number of nitrogens with zero attached hydrogens (tertiary/aromatic N) is 1. The Labute approximate surface area is 109 Å². The van der Waals surface area contributed by atoms with E-state index in [0.717, 1.165) is 6.42 Å². The molecule has 0 spiro atoms. The van der Waals surface area contributed by atoms with Crippen molar-refractivity contribution in [1.82, 2.24) is 4.98 Å². The van der Waals surface area contributed by atoms with E-state index < -0.39 is 0 Å². The molecule has 0 saturated carbocycles. The molecule has 18 heavy (non-hydrogen) atoms. The molecule has 0 radical (unpaired) electrons. The topological polar surface area (TPSA) is 38.9 Å². The first-order valence-electron chi connectivity index (χ1n) is 6.37. The molecule has 0 saturated heterocycles. The van der Waals surface area contributed by atoms with Crippen LogP contribution in [0.2, 0.25) is 0 Å². The maximum atomic E-state index is 5.95. The van der Waals surface area contributed by atoms with Gasteiger partial charge in [-0.1, -0.05) is 24.3 Å². The highest BCUT2D eigenvalue weighted by Crippen LogP contribution is 2.23. The number of hydrogen-bond acceptors (Lipinski definition) is 2. The Morgan fingerprint density at radius 3 is 2.56 bits per heavy atom. The molecule has 1 atom stereocenters. The SMILES string of the molecule is Cc1ccccc1C[C@@H](CN)c1ccncc1C. The molecule has 2 N–H and O–H groups in total. The fourth-order valence-corrected chi connectivity index (χ4v) is 2.37. The smallest absolute Gasteiger partial charge is 0.0299 e. The lowest BCUT2D eigenvalue weighted by molar-refractivity contribution is 0.686. The second-order valence-corrected chi connectivity index (χ2v) is 4.80. The lowest BCUT2D eigenvalue weighted by Crippen LogP contribution is -2.16. The van der Waals surface area contributed by atoms with E-state index in [2.05, 4.69) is 49.2 Å². The molecule has 1 aromatic carbocycles. The molecular formula is C16H20N2. The summed E-state index contributed by atoms with van der Waals surface area (Å²) in [6.45, 7) is 4.92. The van der Waals surface area contributed by atoms with E-state index in [4.69, 9.17) is 5.73 Å². The van der Waals surface area contributed by atoms with Crippen molar-refractivity contribution in [2.75, 3.05) is 6.54 Å². The molecule has 1 aromatic heterocycles. The summed E-state index contributed by atoms with van der Waals surface area (Å²) >= 11 is 0. The highest BCUT2D eigenvalue weighted by atomic mass is 14.6. The van der Waals surface area contributed by atoms with Crippen LogP contribution in [0.5, 0.6) is 0 Å². The number of aryl methyl sites for hydroxylation is 2. The van der Waals surface area contributed by atoms with Crippen LogP contribution in [0.3, 0.4) is 0 Å². The van der Waals surface area contributed by atoms with Gasteiger partial charge in [-0.2, -0.15) is 0 Å². The van der Waals surface area contributed by atoms with Crippen molar-refractivity contribution in [3.63, 3.8) is 0 Å². The van der Waals surface area contributed by atoms with E-state index in [1.165, 1.54) is 22.3 Å². The third-order valence-electron chi connectivity index (χ3n) is 3.52. The Bertz CT molecular complexity index is 520. The minimum absolute atomic E-state index is 0.370. The van der Waals surface area contributed by atoms with Crippen LogP contribution in [0.15, 0.2) is 42.7 Å². The molecule has 2 aromatic rings. The third kappa shape index (κ3) is 2.77. The fourth-order valence-electron chi connectivity index (χ4n) is 2.37. The summed E-state index contributed by atoms with van der Waals surface area (Å²) in [5.41, 5.74) is 11.2. The summed E-state index contributed by atoms with van der Waals surface area (Å²) < 4.78 is 0. The van der Waals surface area contributed by atoms with Crippen molar-refractivity contribution in [2.45, 2.75) is 26.2 Å². The second kappa shape index (κ2) is 5.78. The van der Waals surface area contributed by atoms with Gasteiger partial charge in [-0.25, -0.2) is 0 Å². The second-order valence-electron chi connectivity index (χ2n) is 4.80. The van der Waals surface area contributed by atoms with Gasteiger partial charge in [0.25, 0.3) is 0 Å². The van der Waals surface area contributed by atoms with Gasteiger partial charge >= 0.3 is 0 Å². The van der Waals surface area contributed by atoms with Crippen molar-refractivity contribution < 1.29 is 0 Å². The van der Waals surface area contributed by atoms with Crippen molar-refractivity contribution in [3.05, 3.63) is 65.0 Å². The van der Waals surface area contributed by atoms with Gasteiger partial charge < -0.3 is 5.73 Å². The van der Waals surface area contributed by atoms with Gasteiger partial charge in [-0.3, -0.25) is 4.98 Å². The number of nitrogens with two attached hydrogens (primary N) is 1. The van der Waals surface area contributed by atoms with E-state index in [0.29, 0.717) is 12.5 Å². The summed E-state index contributed by atoms with van der Waals surface area (Å²) in [6.07, 6.45) is 4.76. The monoisotopic (exact) mass is 240 g/mol. The summed E-state index contributed by atoms with van der Waals surface area (Å²) in [5.74, 6) is 0.370. The van der Waals surface area contributed by atoms with E-state index in [9.17, 15) is 0 Å². The maximum Gasteiger partial charge on any atom is 0.0299 e. The Morgan fingerprint density at radius 1 is 1.11 bits per heavy atom. The zero-order valence-corrected chi connectivity index (χ0v) is 11.1. The number of rotatable bonds is 4. The Hall–Kier alpha value is -1.67. The lowest BCUT2D eigenvalue weighted by Gasteiger charge is -2.18. The summed E-state index contributed by atoms with van der Waals surface area (Å²) in [7, 11) is 0. The standard InChI is InChI=1S/C16H20N2/c1-12-5-3-4-6-14(12)9-15(10-17)16-7-8-18-11-13(16)2/h3-8,11,15H,9-10,17H2,1-2H3/t15-/m0/s1. The summed E-state index contributed by atoms with van der Waals surface area (Å²) in [6, 6.07) is 10.6. The Balaban J connectivity index is 2.26. The molecule has 1 heterocycles. The van der Waals surface area contributed by atoms with Crippen LogP contribution in [0.4, 0.5) is 0 Å². The summed E-state index contributed by atoms with van der Waals surface area (Å²) in [4.78, 5) is 4.15. The highest BCUT2D eigenvalue weighted by Gasteiger charge is 2.13. The number of benzene rings is 1. The van der Waals surface area contributed by atoms with Gasteiger partial charge in [0, 0.05) is 18.3 Å². The van der Waals surface area contributed by atoms with Gasteiger partial charge in [-0.05, 0) is 55.1 Å². The molecule has 0 unspecified atom stereocenters. The molecule has 0 amide bonds. The Morgan fingerprint density at radius 2 is 1.89 bits per heavy atom. The predicted molar refractivity (Wildman–Crippen MR) is 75.7 cm³/mol. The average Bonchev–Trinajstić information content (AvgIpc) is 2.39. The van der Waals surface area contributed by atoms with E-state index >= 15 is 0 Å². The van der Waals surface area contributed by atoms with Crippen LogP contribution in [0.1, 0.15) is 28.2 Å². The van der Waals surface area contributed by atoms with Crippen molar-refractivity contribution in [3.8, 4) is 0 Å². The van der Waals surface area contributed by atoms with Crippen molar-refractivity contribution in [2.24, 2.45) is 5.73 Å². The third-order valence-corrected chi connectivity index (χ3v) is 3.52. The maximum absolute atomic E-state index is 5.95. The molecule has 0 bridgehead atoms. The highest BCUT2D eigenvalue weighted by molar-refractivity contribution is 5.32. The van der Waals surface area contributed by atoms with E-state index in [-0.39, 0.29) is 0 Å². The number of pyridine rings is 1. The van der Waals surface area contributed by atoms with Crippen LogP contribution in [0.25, 0.3) is 0 Å². The van der Waals surface area contributed by atoms with Gasteiger partial charge in [0.1, 0.15) is 0 Å². The molecule has 0 aliphatic heterocycles. The van der Waals surface area contributed by atoms with Crippen LogP contribution in [0, 0.1) is 13.8 Å². The van der Waals surface area contributed by atoms with Crippen LogP contribution < -0.4 is 5.73 Å². The normalized spacial score (nSPS) is 12.4. The van der Waals surface area contributed by atoms with Gasteiger partial charge in [0.2, 0.25) is 0 Å². The van der Waals surface area contributed by atoms with Crippen LogP contribution in [-0.4, -0.2) is 11.5 Å². The zero-order chi connectivity index (χ0) is 13.0. The van der Waals surface area contributed by atoms with Gasteiger partial charge in [0.15, 0.2) is 0 Å². The first-order chi connectivity index (χ1) is 8.72. The molecule has 2 nitrogen and oxygen atoms in total. The minimum Gasteiger partial charge on any atom is -0.330 e. The number of aromatic nitrogens is 1. The number of hydrogen-bond donors (Lipinski definition) is 1. The lowest BCUT2D eigenvalue weighted by atomic mass is 9.89. The van der Waals surface area contributed by atoms with Crippen molar-refractivity contribution >= 4 is 0 Å². The molecule has 0 aliphatic carbocycles. The predicted octanol–water partition coefficient (Wildman–Crippen LogP) is 2.98. The summed E-state index contributed by atoms with van der Waals surface area (Å²) in [5, 5.41) is 0. The van der Waals surface area contributed by atoms with Gasteiger partial charge in [-0.15, -0.1) is 0 Å². The largest absolute Gasteiger partial charge is 0.330 e. The van der Waals surface area contributed by atoms with Crippen molar-refractivity contribution in [1.29, 1.82) is 0 Å². The zero-order valence-electron chi connectivity index (χ0n) is 11.1. The fraction of sp³-hybridized carbons (Fsp3) is 0.312. The Kier molecular flexibility index (Phi) is 4.11. The first-order valence-corrected chi connectivity index (χ1v) is 6.37.